The Kier molecular flexibility index (Phi) is 3.87. The van der Waals surface area contributed by atoms with Crippen LogP contribution in [0.25, 0.3) is 5.65 Å². The lowest BCUT2D eigenvalue weighted by atomic mass is 9.71. The Morgan fingerprint density at radius 2 is 2.20 bits per heavy atom. The number of aromatic nitrogens is 2. The van der Waals surface area contributed by atoms with Crippen LogP contribution < -0.4 is 5.56 Å². The molecule has 1 N–H and O–H groups in total. The molecule has 1 amide bonds. The van der Waals surface area contributed by atoms with E-state index in [-0.39, 0.29) is 22.9 Å². The van der Waals surface area contributed by atoms with E-state index in [1.165, 1.54) is 10.6 Å². The molecule has 2 fully saturated rings. The lowest BCUT2D eigenvalue weighted by molar-refractivity contribution is -0.0886. The average Bonchev–Trinajstić information content (AvgIpc) is 2.61. The molecule has 132 valence electrons. The predicted molar refractivity (Wildman–Crippen MR) is 93.6 cm³/mol. The maximum Gasteiger partial charge on any atom is 0.270 e. The molecule has 2 aliphatic rings. The molecule has 2 aromatic heterocycles. The molecule has 2 aromatic rings. The Bertz CT molecular complexity index is 891. The van der Waals surface area contributed by atoms with Gasteiger partial charge in [0.15, 0.2) is 0 Å². The monoisotopic (exact) mass is 341 g/mol. The van der Waals surface area contributed by atoms with Crippen LogP contribution in [0.2, 0.25) is 0 Å². The van der Waals surface area contributed by atoms with Crippen LogP contribution in [0.4, 0.5) is 0 Å². The summed E-state index contributed by atoms with van der Waals surface area (Å²) >= 11 is 0. The predicted octanol–water partition coefficient (Wildman–Crippen LogP) is 1.77. The van der Waals surface area contributed by atoms with E-state index in [9.17, 15) is 14.7 Å². The molecule has 0 aromatic carbocycles. The van der Waals surface area contributed by atoms with Crippen molar-refractivity contribution in [2.45, 2.75) is 44.6 Å². The van der Waals surface area contributed by atoms with Crippen LogP contribution in [0, 0.1) is 12.8 Å². The Balaban J connectivity index is 1.64. The van der Waals surface area contributed by atoms with Gasteiger partial charge in [0.1, 0.15) is 11.2 Å². The first-order chi connectivity index (χ1) is 12.0. The zero-order chi connectivity index (χ0) is 17.6. The Hall–Kier alpha value is -2.21. The molecule has 6 heteroatoms. The highest BCUT2D eigenvalue weighted by Crippen LogP contribution is 2.39. The molecule has 0 spiro atoms. The van der Waals surface area contributed by atoms with Crippen LogP contribution >= 0.6 is 0 Å². The van der Waals surface area contributed by atoms with E-state index in [1.807, 2.05) is 13.0 Å². The van der Waals surface area contributed by atoms with Crippen LogP contribution in [-0.4, -0.2) is 44.0 Å². The van der Waals surface area contributed by atoms with Crippen molar-refractivity contribution in [1.29, 1.82) is 0 Å². The molecule has 1 saturated carbocycles. The van der Waals surface area contributed by atoms with Crippen molar-refractivity contribution in [2.75, 3.05) is 13.1 Å². The standard InChI is InChI=1S/C19H23N3O3/c1-13-5-4-9-22-16(13)20-11-15(18(22)24)17(23)21-10-8-19(25)7-3-2-6-14(19)12-21/h4-5,9,11,14,25H,2-3,6-8,10,12H2,1H3. The normalized spacial score (nSPS) is 26.5. The number of aliphatic hydroxyl groups is 1. The lowest BCUT2D eigenvalue weighted by Crippen LogP contribution is -2.55. The molecule has 25 heavy (non-hydrogen) atoms. The number of fused-ring (bicyclic) bond motifs is 2. The largest absolute Gasteiger partial charge is 0.389 e. The number of pyridine rings is 1. The smallest absolute Gasteiger partial charge is 0.270 e. The number of carbonyl (C=O) groups excluding carboxylic acids is 1. The topological polar surface area (TPSA) is 74.9 Å². The fourth-order valence-electron chi connectivity index (χ4n) is 4.32. The quantitative estimate of drug-likeness (QED) is 0.858. The van der Waals surface area contributed by atoms with E-state index in [1.54, 1.807) is 17.2 Å². The van der Waals surface area contributed by atoms with Gasteiger partial charge < -0.3 is 10.0 Å². The van der Waals surface area contributed by atoms with Crippen molar-refractivity contribution in [3.63, 3.8) is 0 Å². The minimum atomic E-state index is -0.636. The number of carbonyl (C=O) groups is 1. The van der Waals surface area contributed by atoms with Gasteiger partial charge in [-0.25, -0.2) is 4.98 Å². The van der Waals surface area contributed by atoms with Gasteiger partial charge in [-0.1, -0.05) is 18.9 Å². The highest BCUT2D eigenvalue weighted by Gasteiger charge is 2.44. The number of hydrogen-bond donors (Lipinski definition) is 1. The molecule has 0 radical (unpaired) electrons. The molecule has 1 saturated heterocycles. The van der Waals surface area contributed by atoms with Gasteiger partial charge in [0.25, 0.3) is 11.5 Å². The van der Waals surface area contributed by atoms with Crippen LogP contribution in [0.15, 0.2) is 29.3 Å². The van der Waals surface area contributed by atoms with Gasteiger partial charge in [-0.2, -0.15) is 0 Å². The second-order valence-corrected chi connectivity index (χ2v) is 7.41. The molecule has 2 atom stereocenters. The summed E-state index contributed by atoms with van der Waals surface area (Å²) in [6, 6.07) is 3.67. The van der Waals surface area contributed by atoms with E-state index in [4.69, 9.17) is 0 Å². The Morgan fingerprint density at radius 1 is 1.36 bits per heavy atom. The second-order valence-electron chi connectivity index (χ2n) is 7.41. The third kappa shape index (κ3) is 2.65. The molecule has 1 aliphatic carbocycles. The van der Waals surface area contributed by atoms with E-state index >= 15 is 0 Å². The van der Waals surface area contributed by atoms with E-state index in [2.05, 4.69) is 4.98 Å². The summed E-state index contributed by atoms with van der Waals surface area (Å²) in [4.78, 5) is 31.7. The number of amides is 1. The van der Waals surface area contributed by atoms with Gasteiger partial charge in [-0.15, -0.1) is 0 Å². The maximum atomic E-state index is 12.9. The van der Waals surface area contributed by atoms with Gasteiger partial charge in [0.2, 0.25) is 0 Å². The Labute approximate surface area is 146 Å². The summed E-state index contributed by atoms with van der Waals surface area (Å²) in [6.07, 6.45) is 7.53. The SMILES string of the molecule is Cc1cccn2c(=O)c(C(=O)N3CCC4(O)CCCCC4C3)cnc12. The van der Waals surface area contributed by atoms with Crippen molar-refractivity contribution in [2.24, 2.45) is 5.92 Å². The highest BCUT2D eigenvalue weighted by atomic mass is 16.3. The molecular weight excluding hydrogens is 318 g/mol. The lowest BCUT2D eigenvalue weighted by Gasteiger charge is -2.47. The summed E-state index contributed by atoms with van der Waals surface area (Å²) in [6.45, 7) is 2.89. The zero-order valence-corrected chi connectivity index (χ0v) is 14.4. The first kappa shape index (κ1) is 16.3. The summed E-state index contributed by atoms with van der Waals surface area (Å²) in [5.41, 5.74) is 0.601. The zero-order valence-electron chi connectivity index (χ0n) is 14.4. The minimum Gasteiger partial charge on any atom is -0.389 e. The van der Waals surface area contributed by atoms with Gasteiger partial charge in [0, 0.05) is 31.4 Å². The minimum absolute atomic E-state index is 0.101. The van der Waals surface area contributed by atoms with Crippen LogP contribution in [-0.2, 0) is 0 Å². The number of aryl methyl sites for hydroxylation is 1. The fourth-order valence-corrected chi connectivity index (χ4v) is 4.32. The highest BCUT2D eigenvalue weighted by molar-refractivity contribution is 5.94. The van der Waals surface area contributed by atoms with Crippen molar-refractivity contribution in [3.05, 3.63) is 46.0 Å². The summed E-state index contributed by atoms with van der Waals surface area (Å²) < 4.78 is 1.43. The number of hydrogen-bond acceptors (Lipinski definition) is 4. The third-order valence-electron chi connectivity index (χ3n) is 5.87. The van der Waals surface area contributed by atoms with E-state index < -0.39 is 5.60 Å². The molecule has 2 unspecified atom stereocenters. The number of nitrogens with zero attached hydrogens (tertiary/aromatic N) is 3. The number of likely N-dealkylation sites (tertiary alicyclic amines) is 1. The average molecular weight is 341 g/mol. The molecule has 1 aliphatic heterocycles. The summed E-state index contributed by atoms with van der Waals surface area (Å²) in [5, 5.41) is 10.8. The molecule has 0 bridgehead atoms. The van der Waals surface area contributed by atoms with Crippen LogP contribution in [0.3, 0.4) is 0 Å². The number of rotatable bonds is 1. The van der Waals surface area contributed by atoms with E-state index in [0.717, 1.165) is 31.2 Å². The van der Waals surface area contributed by atoms with Crippen molar-refractivity contribution < 1.29 is 9.90 Å². The molecule has 3 heterocycles. The van der Waals surface area contributed by atoms with Crippen molar-refractivity contribution in [3.8, 4) is 0 Å². The second kappa shape index (κ2) is 5.95. The Morgan fingerprint density at radius 3 is 3.04 bits per heavy atom. The number of piperidine rings is 1. The van der Waals surface area contributed by atoms with Crippen molar-refractivity contribution in [1.82, 2.24) is 14.3 Å². The molecule has 6 nitrogen and oxygen atoms in total. The van der Waals surface area contributed by atoms with Crippen LogP contribution in [0.1, 0.15) is 48.0 Å². The molecule has 4 rings (SSSR count). The fraction of sp³-hybridized carbons (Fsp3) is 0.526. The van der Waals surface area contributed by atoms with Gasteiger partial charge >= 0.3 is 0 Å². The van der Waals surface area contributed by atoms with Crippen LogP contribution in [0.5, 0.6) is 0 Å². The first-order valence-corrected chi connectivity index (χ1v) is 8.98. The van der Waals surface area contributed by atoms with E-state index in [0.29, 0.717) is 25.2 Å². The van der Waals surface area contributed by atoms with Gasteiger partial charge in [0.05, 0.1) is 5.60 Å². The first-order valence-electron chi connectivity index (χ1n) is 8.98. The van der Waals surface area contributed by atoms with Gasteiger partial charge in [-0.05, 0) is 37.8 Å². The third-order valence-corrected chi connectivity index (χ3v) is 5.87. The summed E-state index contributed by atoms with van der Waals surface area (Å²) in [5.74, 6) is -0.168. The van der Waals surface area contributed by atoms with Gasteiger partial charge in [-0.3, -0.25) is 14.0 Å². The maximum absolute atomic E-state index is 12.9. The molecular formula is C19H23N3O3. The summed E-state index contributed by atoms with van der Waals surface area (Å²) in [7, 11) is 0. The van der Waals surface area contributed by atoms with Crippen molar-refractivity contribution >= 4 is 11.6 Å².